The number of carboxylic acid groups (broad SMARTS) is 1. The summed E-state index contributed by atoms with van der Waals surface area (Å²) >= 11 is 0. The van der Waals surface area contributed by atoms with Gasteiger partial charge in [-0.15, -0.1) is 4.91 Å². The zero-order valence-electron chi connectivity index (χ0n) is 10.7. The first-order valence-electron chi connectivity index (χ1n) is 5.43. The third-order valence-electron chi connectivity index (χ3n) is 1.74. The van der Waals surface area contributed by atoms with Crippen LogP contribution in [0.25, 0.3) is 0 Å². The number of nitroso groups, excluding NO2 is 1. The molecule has 0 aromatic heterocycles. The van der Waals surface area contributed by atoms with E-state index in [1.165, 1.54) is 12.1 Å². The molecule has 0 unspecified atom stereocenters. The fourth-order valence-corrected chi connectivity index (χ4v) is 0.922. The van der Waals surface area contributed by atoms with Gasteiger partial charge in [0.1, 0.15) is 0 Å². The highest BCUT2D eigenvalue weighted by Gasteiger charge is 2.06. The number of carboxylic acids is 1. The van der Waals surface area contributed by atoms with Crippen LogP contribution in [-0.4, -0.2) is 54.0 Å². The lowest BCUT2D eigenvalue weighted by molar-refractivity contribution is -0.141. The van der Waals surface area contributed by atoms with Crippen molar-refractivity contribution in [3.8, 4) is 0 Å². The Labute approximate surface area is 105 Å². The molecule has 0 aliphatic heterocycles. The van der Waals surface area contributed by atoms with Gasteiger partial charge in [0, 0.05) is 26.6 Å². The summed E-state index contributed by atoms with van der Waals surface area (Å²) in [5, 5.41) is 19.9. The van der Waals surface area contributed by atoms with Crippen LogP contribution in [0.1, 0.15) is 26.2 Å². The van der Waals surface area contributed by atoms with Gasteiger partial charge in [0.05, 0.1) is 18.8 Å². The van der Waals surface area contributed by atoms with Crippen LogP contribution in [0.15, 0.2) is 5.29 Å². The minimum absolute atomic E-state index is 0.101. The third-order valence-corrected chi connectivity index (χ3v) is 1.74. The van der Waals surface area contributed by atoms with Crippen LogP contribution in [0.4, 0.5) is 0 Å². The van der Waals surface area contributed by atoms with Gasteiger partial charge >= 0.3 is 5.97 Å². The van der Waals surface area contributed by atoms with Crippen molar-refractivity contribution in [1.82, 2.24) is 5.01 Å². The lowest BCUT2D eigenvalue weighted by atomic mass is 10.3. The molecule has 0 aliphatic carbocycles. The van der Waals surface area contributed by atoms with E-state index in [0.29, 0.717) is 19.4 Å². The molecule has 0 atom stereocenters. The summed E-state index contributed by atoms with van der Waals surface area (Å²) in [6.45, 7) is 1.91. The highest BCUT2D eigenvalue weighted by molar-refractivity contribution is 5.69. The van der Waals surface area contributed by atoms with Gasteiger partial charge in [0.25, 0.3) is 5.97 Å². The number of hydrogen-bond acceptors (Lipinski definition) is 6. The zero-order chi connectivity index (χ0) is 14.4. The number of unbranched alkanes of at least 4 members (excludes halogenated alkanes) is 1. The molecular formula is C10H20N2O6. The zero-order valence-corrected chi connectivity index (χ0v) is 10.7. The van der Waals surface area contributed by atoms with E-state index >= 15 is 0 Å². The molecule has 106 valence electrons. The molecule has 0 saturated heterocycles. The maximum Gasteiger partial charge on any atom is 0.307 e. The summed E-state index contributed by atoms with van der Waals surface area (Å²) in [5.74, 6) is -1.19. The minimum atomic E-state index is -0.833. The molecule has 0 aliphatic rings. The van der Waals surface area contributed by atoms with Crippen molar-refractivity contribution in [3.63, 3.8) is 0 Å². The number of rotatable bonds is 8. The maximum atomic E-state index is 10.7. The van der Waals surface area contributed by atoms with E-state index in [2.05, 4.69) is 10.0 Å². The molecule has 0 heterocycles. The fourth-order valence-electron chi connectivity index (χ4n) is 0.922. The Morgan fingerprint density at radius 2 is 1.83 bits per heavy atom. The van der Waals surface area contributed by atoms with Gasteiger partial charge < -0.3 is 14.9 Å². The number of esters is 1. The minimum Gasteiger partial charge on any atom is -0.481 e. The van der Waals surface area contributed by atoms with Gasteiger partial charge in [-0.05, 0) is 12.8 Å². The third kappa shape index (κ3) is 16.7. The normalized spacial score (nSPS) is 8.83. The molecule has 0 saturated carbocycles. The Balaban J connectivity index is 0. The van der Waals surface area contributed by atoms with Crippen LogP contribution in [0, 0.1) is 4.91 Å². The van der Waals surface area contributed by atoms with E-state index in [1.807, 2.05) is 0 Å². The first kappa shape index (κ1) is 18.7. The maximum absolute atomic E-state index is 10.7. The van der Waals surface area contributed by atoms with Crippen molar-refractivity contribution in [2.75, 3.05) is 26.8 Å². The first-order chi connectivity index (χ1) is 8.47. The Bertz CT molecular complexity index is 243. The van der Waals surface area contributed by atoms with Crippen molar-refractivity contribution >= 4 is 11.9 Å². The van der Waals surface area contributed by atoms with Crippen LogP contribution in [0.3, 0.4) is 0 Å². The largest absolute Gasteiger partial charge is 0.481 e. The van der Waals surface area contributed by atoms with Crippen LogP contribution in [-0.2, 0) is 14.3 Å². The van der Waals surface area contributed by atoms with Gasteiger partial charge in [-0.25, -0.2) is 0 Å². The number of carbonyl (C=O) groups is 2. The van der Waals surface area contributed by atoms with E-state index in [9.17, 15) is 9.70 Å². The van der Waals surface area contributed by atoms with Crippen LogP contribution >= 0.6 is 0 Å². The SMILES string of the molecule is CC(=O)O.COC(=O)CCN(CCCCO)N=O. The lowest BCUT2D eigenvalue weighted by Crippen LogP contribution is -2.22. The second-order valence-electron chi connectivity index (χ2n) is 3.31. The van der Waals surface area contributed by atoms with Crippen molar-refractivity contribution in [1.29, 1.82) is 0 Å². The topological polar surface area (TPSA) is 116 Å². The summed E-state index contributed by atoms with van der Waals surface area (Å²) in [5.41, 5.74) is 0. The standard InChI is InChI=1S/C8H16N2O4.C2H4O2/c1-14-8(12)4-6-10(9-13)5-2-3-7-11;1-2(3)4/h11H,2-7H2,1H3;1H3,(H,3,4). The molecule has 18 heavy (non-hydrogen) atoms. The molecule has 2 N–H and O–H groups in total. The molecule has 8 heteroatoms. The highest BCUT2D eigenvalue weighted by Crippen LogP contribution is 1.98. The van der Waals surface area contributed by atoms with Crippen molar-refractivity contribution in [2.24, 2.45) is 5.29 Å². The van der Waals surface area contributed by atoms with E-state index in [1.54, 1.807) is 0 Å². The Morgan fingerprint density at radius 3 is 2.22 bits per heavy atom. The van der Waals surface area contributed by atoms with Crippen LogP contribution in [0.2, 0.25) is 0 Å². The summed E-state index contributed by atoms with van der Waals surface area (Å²) in [7, 11) is 1.30. The Morgan fingerprint density at radius 1 is 1.28 bits per heavy atom. The lowest BCUT2D eigenvalue weighted by Gasteiger charge is -2.13. The summed E-state index contributed by atoms with van der Waals surface area (Å²) in [4.78, 5) is 30.0. The van der Waals surface area contributed by atoms with Crippen molar-refractivity contribution in [3.05, 3.63) is 4.91 Å². The molecule has 0 amide bonds. The van der Waals surface area contributed by atoms with Gasteiger partial charge in [-0.3, -0.25) is 14.6 Å². The predicted molar refractivity (Wildman–Crippen MR) is 63.6 cm³/mol. The predicted octanol–water partition coefficient (Wildman–Crippen LogP) is 0.396. The molecule has 0 radical (unpaired) electrons. The number of carbonyl (C=O) groups excluding carboxylic acids is 1. The molecular weight excluding hydrogens is 244 g/mol. The number of hydrogen-bond donors (Lipinski definition) is 2. The van der Waals surface area contributed by atoms with Crippen LogP contribution < -0.4 is 0 Å². The van der Waals surface area contributed by atoms with E-state index in [4.69, 9.17) is 15.0 Å². The highest BCUT2D eigenvalue weighted by atomic mass is 16.5. The molecule has 0 aromatic carbocycles. The average molecular weight is 264 g/mol. The summed E-state index contributed by atoms with van der Waals surface area (Å²) in [6.07, 6.45) is 1.47. The first-order valence-corrected chi connectivity index (χ1v) is 5.43. The molecule has 0 rings (SSSR count). The van der Waals surface area contributed by atoms with Crippen molar-refractivity contribution in [2.45, 2.75) is 26.2 Å². The second-order valence-corrected chi connectivity index (χ2v) is 3.31. The molecule has 0 aromatic rings. The number of ether oxygens (including phenoxy) is 1. The van der Waals surface area contributed by atoms with E-state index < -0.39 is 5.97 Å². The van der Waals surface area contributed by atoms with Crippen LogP contribution in [0.5, 0.6) is 0 Å². The smallest absolute Gasteiger partial charge is 0.307 e. The number of aliphatic carboxylic acids is 1. The fraction of sp³-hybridized carbons (Fsp3) is 0.800. The monoisotopic (exact) mass is 264 g/mol. The molecule has 0 fully saturated rings. The Kier molecular flexibility index (Phi) is 13.9. The molecule has 0 spiro atoms. The molecule has 0 bridgehead atoms. The summed E-state index contributed by atoms with van der Waals surface area (Å²) < 4.78 is 4.42. The number of methoxy groups -OCH3 is 1. The number of aliphatic hydroxyl groups is 1. The van der Waals surface area contributed by atoms with E-state index in [-0.39, 0.29) is 25.5 Å². The van der Waals surface area contributed by atoms with Gasteiger partial charge in [0.15, 0.2) is 0 Å². The van der Waals surface area contributed by atoms with E-state index in [0.717, 1.165) is 6.92 Å². The number of aliphatic hydroxyl groups excluding tert-OH is 1. The van der Waals surface area contributed by atoms with Gasteiger partial charge in [-0.1, -0.05) is 0 Å². The van der Waals surface area contributed by atoms with Crippen molar-refractivity contribution < 1.29 is 24.5 Å². The number of nitrogens with zero attached hydrogens (tertiary/aromatic N) is 2. The summed E-state index contributed by atoms with van der Waals surface area (Å²) in [6, 6.07) is 0. The Hall–Kier alpha value is -1.70. The van der Waals surface area contributed by atoms with Gasteiger partial charge in [0.2, 0.25) is 0 Å². The molecule has 8 nitrogen and oxygen atoms in total. The van der Waals surface area contributed by atoms with Gasteiger partial charge in [-0.2, -0.15) is 0 Å². The quantitative estimate of drug-likeness (QED) is 0.282. The second kappa shape index (κ2) is 13.4. The average Bonchev–Trinajstić information content (AvgIpc) is 2.32.